The van der Waals surface area contributed by atoms with Gasteiger partial charge in [0.2, 0.25) is 5.82 Å². The highest BCUT2D eigenvalue weighted by Gasteiger charge is 2.10. The fraction of sp³-hybridized carbons (Fsp3) is 0. The third-order valence-electron chi connectivity index (χ3n) is 1.72. The zero-order valence-electron chi connectivity index (χ0n) is 7.28. The highest BCUT2D eigenvalue weighted by Crippen LogP contribution is 2.21. The maximum atomic E-state index is 10.3. The third-order valence-corrected chi connectivity index (χ3v) is 1.72. The Kier molecular flexibility index (Phi) is 1.97. The van der Waals surface area contributed by atoms with Gasteiger partial charge in [0.1, 0.15) is 0 Å². The van der Waals surface area contributed by atoms with Gasteiger partial charge in [-0.25, -0.2) is 10.1 Å². The van der Waals surface area contributed by atoms with Gasteiger partial charge in [-0.3, -0.25) is 0 Å². The van der Waals surface area contributed by atoms with Gasteiger partial charge in [-0.05, 0) is 0 Å². The Bertz CT molecular complexity index is 528. The van der Waals surface area contributed by atoms with E-state index < -0.39 is 5.03 Å². The van der Waals surface area contributed by atoms with Crippen LogP contribution in [-0.2, 0) is 0 Å². The van der Waals surface area contributed by atoms with Gasteiger partial charge in [0.25, 0.3) is 0 Å². The first-order valence-electron chi connectivity index (χ1n) is 3.82. The molecule has 0 saturated carbocycles. The minimum absolute atomic E-state index is 0.0147. The Hall–Kier alpha value is -2.58. The first-order chi connectivity index (χ1) is 7.18. The number of hydrogen-bond donors (Lipinski definition) is 2. The Morgan fingerprint density at radius 2 is 1.93 bits per heavy atom. The van der Waals surface area contributed by atoms with Crippen LogP contribution in [-0.4, -0.2) is 25.4 Å². The highest BCUT2D eigenvalue weighted by atomic mass is 16.7. The summed E-state index contributed by atoms with van der Waals surface area (Å²) in [5.41, 5.74) is 7.42. The number of nitrogen functional groups attached to an aromatic ring is 1. The number of nitro groups is 1. The molecule has 0 amide bonds. The topological polar surface area (TPSA) is 133 Å². The van der Waals surface area contributed by atoms with E-state index in [-0.39, 0.29) is 11.6 Å². The molecule has 0 aromatic carbocycles. The minimum atomic E-state index is -0.736. The first kappa shape index (κ1) is 8.99. The van der Waals surface area contributed by atoms with Crippen molar-refractivity contribution in [2.24, 2.45) is 0 Å². The van der Waals surface area contributed by atoms with Gasteiger partial charge in [-0.2, -0.15) is 10.2 Å². The molecule has 0 unspecified atom stereocenters. The van der Waals surface area contributed by atoms with Crippen molar-refractivity contribution >= 4 is 22.4 Å². The lowest BCUT2D eigenvalue weighted by Gasteiger charge is -2.01. The van der Waals surface area contributed by atoms with Gasteiger partial charge in [0, 0.05) is 0 Å². The molecule has 9 nitrogen and oxygen atoms in total. The number of hydrogen-bond acceptors (Lipinski definition) is 7. The maximum Gasteiger partial charge on any atom is 0.221 e. The molecule has 0 atom stereocenters. The molecule has 15 heavy (non-hydrogen) atoms. The van der Waals surface area contributed by atoms with Crippen LogP contribution in [0.4, 0.5) is 11.6 Å². The zero-order valence-corrected chi connectivity index (χ0v) is 7.28. The molecule has 0 saturated heterocycles. The number of nitrogens with one attached hydrogen (secondary N) is 1. The normalized spacial score (nSPS) is 10.1. The molecule has 3 N–H and O–H groups in total. The lowest BCUT2D eigenvalue weighted by Crippen LogP contribution is -2.11. The fourth-order valence-corrected chi connectivity index (χ4v) is 1.09. The Labute approximate surface area is 82.4 Å². The van der Waals surface area contributed by atoms with Crippen molar-refractivity contribution in [3.8, 4) is 0 Å². The maximum absolute atomic E-state index is 10.3. The van der Waals surface area contributed by atoms with E-state index in [1.54, 1.807) is 0 Å². The summed E-state index contributed by atoms with van der Waals surface area (Å²) in [6, 6.07) is 0. The van der Waals surface area contributed by atoms with E-state index in [0.717, 1.165) is 0 Å². The zero-order chi connectivity index (χ0) is 10.8. The Balaban J connectivity index is 2.66. The van der Waals surface area contributed by atoms with E-state index in [1.807, 2.05) is 5.43 Å². The summed E-state index contributed by atoms with van der Waals surface area (Å²) >= 11 is 0. The molecule has 2 aromatic heterocycles. The van der Waals surface area contributed by atoms with Crippen LogP contribution in [0.5, 0.6) is 0 Å². The Morgan fingerprint density at radius 1 is 1.27 bits per heavy atom. The molecule has 0 bridgehead atoms. The van der Waals surface area contributed by atoms with Crippen LogP contribution >= 0.6 is 0 Å². The summed E-state index contributed by atoms with van der Waals surface area (Å²) in [4.78, 5) is 10.3. The van der Waals surface area contributed by atoms with E-state index in [0.29, 0.717) is 10.8 Å². The third kappa shape index (κ3) is 1.57. The van der Waals surface area contributed by atoms with E-state index in [2.05, 4.69) is 20.4 Å². The second-order valence-electron chi connectivity index (χ2n) is 2.62. The summed E-state index contributed by atoms with van der Waals surface area (Å²) in [6.45, 7) is 0. The van der Waals surface area contributed by atoms with Gasteiger partial charge in [0.05, 0.1) is 23.2 Å². The van der Waals surface area contributed by atoms with Crippen molar-refractivity contribution in [1.29, 1.82) is 0 Å². The van der Waals surface area contributed by atoms with Crippen molar-refractivity contribution in [1.82, 2.24) is 20.4 Å². The second-order valence-corrected chi connectivity index (χ2v) is 2.62. The molecule has 0 fully saturated rings. The van der Waals surface area contributed by atoms with Crippen LogP contribution in [0, 0.1) is 10.1 Å². The predicted molar refractivity (Wildman–Crippen MR) is 50.2 cm³/mol. The molecular formula is C6H5N7O2. The van der Waals surface area contributed by atoms with Crippen molar-refractivity contribution in [2.75, 3.05) is 11.2 Å². The lowest BCUT2D eigenvalue weighted by molar-refractivity contribution is -0.445. The molecule has 0 aliphatic rings. The summed E-state index contributed by atoms with van der Waals surface area (Å²) in [5.74, 6) is 0.132. The summed E-state index contributed by atoms with van der Waals surface area (Å²) in [5, 5.41) is 24.7. The molecule has 0 radical (unpaired) electrons. The van der Waals surface area contributed by atoms with E-state index in [9.17, 15) is 10.1 Å². The molecule has 2 heterocycles. The molecule has 0 aliphatic heterocycles. The van der Waals surface area contributed by atoms with Crippen molar-refractivity contribution in [3.63, 3.8) is 0 Å². The lowest BCUT2D eigenvalue weighted by atomic mass is 10.2. The first-order valence-corrected chi connectivity index (χ1v) is 3.82. The molecule has 2 aromatic rings. The van der Waals surface area contributed by atoms with Crippen LogP contribution in [0.1, 0.15) is 0 Å². The van der Waals surface area contributed by atoms with Gasteiger partial charge in [0.15, 0.2) is 10.9 Å². The van der Waals surface area contributed by atoms with Gasteiger partial charge in [-0.15, -0.1) is 10.2 Å². The van der Waals surface area contributed by atoms with Crippen molar-refractivity contribution < 1.29 is 5.03 Å². The minimum Gasteiger partial charge on any atom is -0.382 e. The Morgan fingerprint density at radius 3 is 2.60 bits per heavy atom. The van der Waals surface area contributed by atoms with Crippen molar-refractivity contribution in [3.05, 3.63) is 22.5 Å². The van der Waals surface area contributed by atoms with Crippen LogP contribution in [0.15, 0.2) is 12.4 Å². The van der Waals surface area contributed by atoms with Gasteiger partial charge in [-0.1, -0.05) is 5.43 Å². The molecule has 76 valence electrons. The molecule has 2 rings (SSSR count). The standard InChI is InChI=1S/C6H5N7O2/c7-5-3-1-8-9-2-4(3)6(11-10-5)12-13(14)15/h1-2H,(H2,7,10)(H,11,12). The van der Waals surface area contributed by atoms with E-state index >= 15 is 0 Å². The smallest absolute Gasteiger partial charge is 0.221 e. The van der Waals surface area contributed by atoms with Crippen LogP contribution < -0.4 is 11.2 Å². The van der Waals surface area contributed by atoms with E-state index in [1.165, 1.54) is 12.4 Å². The second kappa shape index (κ2) is 3.29. The highest BCUT2D eigenvalue weighted by molar-refractivity contribution is 5.96. The van der Waals surface area contributed by atoms with Crippen molar-refractivity contribution in [2.45, 2.75) is 0 Å². The van der Waals surface area contributed by atoms with Crippen LogP contribution in [0.3, 0.4) is 0 Å². The van der Waals surface area contributed by atoms with Crippen LogP contribution in [0.2, 0.25) is 0 Å². The average Bonchev–Trinajstić information content (AvgIpc) is 2.22. The average molecular weight is 207 g/mol. The number of hydrazine groups is 1. The SMILES string of the molecule is Nc1nnc(N[N+](=O)[O-])c2cnncc12. The summed E-state index contributed by atoms with van der Waals surface area (Å²) < 4.78 is 0. The monoisotopic (exact) mass is 207 g/mol. The number of anilines is 2. The molecule has 9 heteroatoms. The number of nitrogens with two attached hydrogens (primary N) is 1. The summed E-state index contributed by atoms with van der Waals surface area (Å²) in [6.07, 6.45) is 2.69. The summed E-state index contributed by atoms with van der Waals surface area (Å²) in [7, 11) is 0. The quantitative estimate of drug-likeness (QED) is 0.502. The number of fused-ring (bicyclic) bond motifs is 1. The largest absolute Gasteiger partial charge is 0.382 e. The number of nitrogens with zero attached hydrogens (tertiary/aromatic N) is 5. The van der Waals surface area contributed by atoms with Gasteiger partial charge < -0.3 is 5.73 Å². The predicted octanol–water partition coefficient (Wildman–Crippen LogP) is -0.394. The fourth-order valence-electron chi connectivity index (χ4n) is 1.09. The number of aromatic nitrogens is 4. The molecule has 0 spiro atoms. The van der Waals surface area contributed by atoms with Gasteiger partial charge >= 0.3 is 0 Å². The number of rotatable bonds is 2. The molecular weight excluding hydrogens is 202 g/mol. The van der Waals surface area contributed by atoms with Crippen LogP contribution in [0.25, 0.3) is 10.8 Å². The molecule has 0 aliphatic carbocycles. The van der Waals surface area contributed by atoms with E-state index in [4.69, 9.17) is 5.73 Å².